The first-order valence-electron chi connectivity index (χ1n) is 7.32. The number of nitrogens with zero attached hydrogens (tertiary/aromatic N) is 1. The molecule has 0 bridgehead atoms. The molecule has 0 radical (unpaired) electrons. The lowest BCUT2D eigenvalue weighted by Gasteiger charge is -2.07. The van der Waals surface area contributed by atoms with Crippen molar-refractivity contribution in [1.82, 2.24) is 10.3 Å². The summed E-state index contributed by atoms with van der Waals surface area (Å²) in [7, 11) is -3.01. The number of thiazole rings is 1. The second-order valence-corrected chi connectivity index (χ2v) is 8.61. The Bertz CT molecular complexity index is 873. The Morgan fingerprint density at radius 2 is 2.08 bits per heavy atom. The van der Waals surface area contributed by atoms with E-state index in [4.69, 9.17) is 0 Å². The lowest BCUT2D eigenvalue weighted by Crippen LogP contribution is -2.34. The summed E-state index contributed by atoms with van der Waals surface area (Å²) in [5.41, 5.74) is 1.43. The quantitative estimate of drug-likeness (QED) is 0.842. The van der Waals surface area contributed by atoms with Gasteiger partial charge in [-0.3, -0.25) is 4.79 Å². The van der Waals surface area contributed by atoms with Crippen molar-refractivity contribution in [3.8, 4) is 10.6 Å². The van der Waals surface area contributed by atoms with E-state index in [1.165, 1.54) is 29.5 Å². The smallest absolute Gasteiger partial charge is 0.244 e. The molecule has 1 aromatic heterocycles. The molecule has 126 valence electrons. The van der Waals surface area contributed by atoms with Gasteiger partial charge in [-0.1, -0.05) is 0 Å². The van der Waals surface area contributed by atoms with Crippen molar-refractivity contribution in [2.24, 2.45) is 0 Å². The number of halogens is 1. The average Bonchev–Trinajstić information content (AvgIpc) is 3.12. The molecule has 2 aromatic rings. The maximum Gasteiger partial charge on any atom is 0.244 e. The number of sulfone groups is 1. The van der Waals surface area contributed by atoms with E-state index < -0.39 is 9.84 Å². The van der Waals surface area contributed by atoms with Crippen molar-refractivity contribution in [2.75, 3.05) is 11.5 Å². The molecule has 2 heterocycles. The Balaban J connectivity index is 1.61. The summed E-state index contributed by atoms with van der Waals surface area (Å²) in [5.74, 6) is -0.526. The maximum atomic E-state index is 12.9. The molecular formula is C16H15FN2O3S2. The van der Waals surface area contributed by atoms with Crippen molar-refractivity contribution in [2.45, 2.75) is 12.5 Å². The van der Waals surface area contributed by atoms with E-state index in [1.807, 2.05) is 0 Å². The zero-order valence-corrected chi connectivity index (χ0v) is 14.2. The molecule has 1 fully saturated rings. The summed E-state index contributed by atoms with van der Waals surface area (Å²) < 4.78 is 35.6. The molecule has 24 heavy (non-hydrogen) atoms. The second kappa shape index (κ2) is 6.82. The summed E-state index contributed by atoms with van der Waals surface area (Å²) in [5, 5.41) is 5.21. The Kier molecular flexibility index (Phi) is 4.77. The first kappa shape index (κ1) is 16.8. The molecule has 8 heteroatoms. The largest absolute Gasteiger partial charge is 0.349 e. The average molecular weight is 366 g/mol. The van der Waals surface area contributed by atoms with Gasteiger partial charge in [-0.25, -0.2) is 17.8 Å². The molecule has 3 rings (SSSR count). The molecule has 0 spiro atoms. The number of benzene rings is 1. The van der Waals surface area contributed by atoms with Gasteiger partial charge in [-0.15, -0.1) is 11.3 Å². The van der Waals surface area contributed by atoms with E-state index in [-0.39, 0.29) is 29.3 Å². The summed E-state index contributed by atoms with van der Waals surface area (Å²) in [4.78, 5) is 16.2. The lowest BCUT2D eigenvalue weighted by atomic mass is 10.2. The molecular weight excluding hydrogens is 351 g/mol. The lowest BCUT2D eigenvalue weighted by molar-refractivity contribution is -0.116. The standard InChI is InChI=1S/C16H15FN2O3S2/c17-12-3-1-11(2-4-12)16-19-13(9-23-16)5-6-15(20)18-14-7-8-24(21,22)10-14/h1-6,9,14H,7-8,10H2,(H,18,20)/b6-5+. The first-order chi connectivity index (χ1) is 11.4. The van der Waals surface area contributed by atoms with Crippen LogP contribution in [0.25, 0.3) is 16.6 Å². The van der Waals surface area contributed by atoms with Crippen LogP contribution in [0.1, 0.15) is 12.1 Å². The summed E-state index contributed by atoms with van der Waals surface area (Å²) in [6.45, 7) is 0. The molecule has 0 saturated carbocycles. The third-order valence-electron chi connectivity index (χ3n) is 3.60. The second-order valence-electron chi connectivity index (χ2n) is 5.53. The molecule has 1 aliphatic heterocycles. The summed E-state index contributed by atoms with van der Waals surface area (Å²) in [6, 6.07) is 5.71. The van der Waals surface area contributed by atoms with Crippen LogP contribution in [-0.4, -0.2) is 36.9 Å². The van der Waals surface area contributed by atoms with Crippen LogP contribution in [0.5, 0.6) is 0 Å². The van der Waals surface area contributed by atoms with Gasteiger partial charge in [-0.05, 0) is 36.8 Å². The highest BCUT2D eigenvalue weighted by Crippen LogP contribution is 2.24. The molecule has 5 nitrogen and oxygen atoms in total. The highest BCUT2D eigenvalue weighted by molar-refractivity contribution is 7.91. The Labute approximate surface area is 143 Å². The van der Waals surface area contributed by atoms with Crippen molar-refractivity contribution in [1.29, 1.82) is 0 Å². The normalized spacial score (nSPS) is 19.6. The van der Waals surface area contributed by atoms with Crippen LogP contribution < -0.4 is 5.32 Å². The van der Waals surface area contributed by atoms with Gasteiger partial charge >= 0.3 is 0 Å². The fraction of sp³-hybridized carbons (Fsp3) is 0.250. The number of nitrogens with one attached hydrogen (secondary N) is 1. The van der Waals surface area contributed by atoms with Crippen molar-refractivity contribution < 1.29 is 17.6 Å². The molecule has 1 amide bonds. The molecule has 1 aromatic carbocycles. The van der Waals surface area contributed by atoms with Crippen LogP contribution in [0.3, 0.4) is 0 Å². The minimum Gasteiger partial charge on any atom is -0.349 e. The topological polar surface area (TPSA) is 76.1 Å². The van der Waals surface area contributed by atoms with E-state index in [1.54, 1.807) is 23.6 Å². The van der Waals surface area contributed by atoms with E-state index in [0.29, 0.717) is 12.1 Å². The monoisotopic (exact) mass is 366 g/mol. The van der Waals surface area contributed by atoms with Gasteiger partial charge in [0, 0.05) is 23.1 Å². The van der Waals surface area contributed by atoms with E-state index >= 15 is 0 Å². The van der Waals surface area contributed by atoms with Crippen LogP contribution in [-0.2, 0) is 14.6 Å². The van der Waals surface area contributed by atoms with Gasteiger partial charge in [0.15, 0.2) is 9.84 Å². The molecule has 1 aliphatic rings. The number of carbonyl (C=O) groups is 1. The Morgan fingerprint density at radius 3 is 2.75 bits per heavy atom. The number of aromatic nitrogens is 1. The van der Waals surface area contributed by atoms with Crippen LogP contribution in [0.2, 0.25) is 0 Å². The maximum absolute atomic E-state index is 12.9. The third-order valence-corrected chi connectivity index (χ3v) is 6.27. The van der Waals surface area contributed by atoms with Crippen molar-refractivity contribution in [3.05, 3.63) is 47.2 Å². The van der Waals surface area contributed by atoms with Crippen LogP contribution >= 0.6 is 11.3 Å². The zero-order valence-electron chi connectivity index (χ0n) is 12.6. The fourth-order valence-electron chi connectivity index (χ4n) is 2.41. The third kappa shape index (κ3) is 4.27. The Morgan fingerprint density at radius 1 is 1.33 bits per heavy atom. The van der Waals surface area contributed by atoms with Crippen LogP contribution in [0.15, 0.2) is 35.7 Å². The molecule has 1 unspecified atom stereocenters. The van der Waals surface area contributed by atoms with Crippen molar-refractivity contribution in [3.63, 3.8) is 0 Å². The highest BCUT2D eigenvalue weighted by Gasteiger charge is 2.28. The minimum absolute atomic E-state index is 0.00199. The number of carbonyl (C=O) groups excluding carboxylic acids is 1. The summed E-state index contributed by atoms with van der Waals surface area (Å²) in [6.07, 6.45) is 3.37. The van der Waals surface area contributed by atoms with Gasteiger partial charge < -0.3 is 5.32 Å². The fourth-order valence-corrected chi connectivity index (χ4v) is 4.87. The Hall–Kier alpha value is -2.06. The van der Waals surface area contributed by atoms with Gasteiger partial charge in [0.2, 0.25) is 5.91 Å². The number of rotatable bonds is 4. The van der Waals surface area contributed by atoms with Gasteiger partial charge in [0.05, 0.1) is 17.2 Å². The van der Waals surface area contributed by atoms with Gasteiger partial charge in [-0.2, -0.15) is 0 Å². The van der Waals surface area contributed by atoms with Gasteiger partial charge in [0.1, 0.15) is 10.8 Å². The summed E-state index contributed by atoms with van der Waals surface area (Å²) >= 11 is 1.40. The number of hydrogen-bond donors (Lipinski definition) is 1. The predicted octanol–water partition coefficient (Wildman–Crippen LogP) is 2.27. The SMILES string of the molecule is O=C(/C=C/c1csc(-c2ccc(F)cc2)n1)NC1CCS(=O)(=O)C1. The number of amides is 1. The predicted molar refractivity (Wildman–Crippen MR) is 91.7 cm³/mol. The van der Waals surface area contributed by atoms with E-state index in [9.17, 15) is 17.6 Å². The minimum atomic E-state index is -3.01. The van der Waals surface area contributed by atoms with E-state index in [2.05, 4.69) is 10.3 Å². The van der Waals surface area contributed by atoms with E-state index in [0.717, 1.165) is 10.6 Å². The molecule has 1 saturated heterocycles. The van der Waals surface area contributed by atoms with Crippen LogP contribution in [0.4, 0.5) is 4.39 Å². The molecule has 1 N–H and O–H groups in total. The number of hydrogen-bond acceptors (Lipinski definition) is 5. The molecule has 1 atom stereocenters. The van der Waals surface area contributed by atoms with Crippen molar-refractivity contribution >= 4 is 33.2 Å². The van der Waals surface area contributed by atoms with Gasteiger partial charge in [0.25, 0.3) is 0 Å². The highest BCUT2D eigenvalue weighted by atomic mass is 32.2. The molecule has 0 aliphatic carbocycles. The zero-order chi connectivity index (χ0) is 17.2. The first-order valence-corrected chi connectivity index (χ1v) is 10.0. The van der Waals surface area contributed by atoms with Crippen LogP contribution in [0, 0.1) is 5.82 Å².